The number of ketones is 1. The number of hydrogen-bond donors (Lipinski definition) is 1. The zero-order valence-electron chi connectivity index (χ0n) is 10.2. The van der Waals surface area contributed by atoms with Crippen molar-refractivity contribution in [3.05, 3.63) is 69.3 Å². The van der Waals surface area contributed by atoms with Crippen molar-refractivity contribution in [1.29, 1.82) is 0 Å². The molecule has 19 heavy (non-hydrogen) atoms. The van der Waals surface area contributed by atoms with Crippen LogP contribution in [-0.2, 0) is 0 Å². The topological polar surface area (TPSA) is 80.4 Å². The molecule has 0 aliphatic rings. The van der Waals surface area contributed by atoms with Gasteiger partial charge < -0.3 is 5.11 Å². The first-order chi connectivity index (χ1) is 9.02. The third-order valence-electron chi connectivity index (χ3n) is 2.87. The van der Waals surface area contributed by atoms with E-state index in [1.165, 1.54) is 19.1 Å². The standard InChI is InChI=1S/C14H11NO4/c1-9-11(7-8-12(16)13(9)15(18)19)14(17)10-5-3-2-4-6-10/h2-8,16H,1H3. The van der Waals surface area contributed by atoms with E-state index in [-0.39, 0.29) is 16.9 Å². The lowest BCUT2D eigenvalue weighted by atomic mass is 9.97. The van der Waals surface area contributed by atoms with E-state index in [9.17, 15) is 20.0 Å². The van der Waals surface area contributed by atoms with Crippen LogP contribution in [0.15, 0.2) is 42.5 Å². The van der Waals surface area contributed by atoms with Crippen LogP contribution in [0.2, 0.25) is 0 Å². The molecule has 0 aromatic heterocycles. The van der Waals surface area contributed by atoms with E-state index in [1.54, 1.807) is 30.3 Å². The Bertz CT molecular complexity index is 650. The van der Waals surface area contributed by atoms with E-state index in [4.69, 9.17) is 0 Å². The summed E-state index contributed by atoms with van der Waals surface area (Å²) < 4.78 is 0. The average Bonchev–Trinajstić information content (AvgIpc) is 2.39. The highest BCUT2D eigenvalue weighted by molar-refractivity contribution is 6.10. The number of hydrogen-bond acceptors (Lipinski definition) is 4. The summed E-state index contributed by atoms with van der Waals surface area (Å²) in [5.41, 5.74) is 0.405. The lowest BCUT2D eigenvalue weighted by Crippen LogP contribution is -2.05. The van der Waals surface area contributed by atoms with Crippen LogP contribution in [0, 0.1) is 17.0 Å². The minimum absolute atomic E-state index is 0.166. The first kappa shape index (κ1) is 12.8. The van der Waals surface area contributed by atoms with Crippen molar-refractivity contribution in [3.63, 3.8) is 0 Å². The van der Waals surface area contributed by atoms with E-state index < -0.39 is 16.4 Å². The van der Waals surface area contributed by atoms with E-state index >= 15 is 0 Å². The summed E-state index contributed by atoms with van der Waals surface area (Å²) in [7, 11) is 0. The van der Waals surface area contributed by atoms with Gasteiger partial charge in [0.2, 0.25) is 0 Å². The predicted molar refractivity (Wildman–Crippen MR) is 69.4 cm³/mol. The molecule has 0 aliphatic heterocycles. The number of rotatable bonds is 3. The highest BCUT2D eigenvalue weighted by atomic mass is 16.6. The molecule has 1 N–H and O–H groups in total. The molecule has 0 heterocycles. The van der Waals surface area contributed by atoms with Crippen molar-refractivity contribution < 1.29 is 14.8 Å². The average molecular weight is 257 g/mol. The summed E-state index contributed by atoms with van der Waals surface area (Å²) in [6, 6.07) is 11.1. The number of carbonyl (C=O) groups is 1. The van der Waals surface area contributed by atoms with Gasteiger partial charge in [-0.05, 0) is 19.1 Å². The number of nitro groups is 1. The quantitative estimate of drug-likeness (QED) is 0.520. The van der Waals surface area contributed by atoms with Gasteiger partial charge in [-0.1, -0.05) is 30.3 Å². The first-order valence-electron chi connectivity index (χ1n) is 5.59. The van der Waals surface area contributed by atoms with Crippen LogP contribution in [0.5, 0.6) is 5.75 Å². The van der Waals surface area contributed by atoms with E-state index in [1.807, 2.05) is 0 Å². The molecule has 2 aromatic rings. The molecule has 5 heteroatoms. The number of carbonyl (C=O) groups excluding carboxylic acids is 1. The molecule has 0 saturated heterocycles. The molecule has 96 valence electrons. The fraction of sp³-hybridized carbons (Fsp3) is 0.0714. The summed E-state index contributed by atoms with van der Waals surface area (Å²) in [5, 5.41) is 20.4. The van der Waals surface area contributed by atoms with Crippen LogP contribution >= 0.6 is 0 Å². The second-order valence-corrected chi connectivity index (χ2v) is 4.06. The van der Waals surface area contributed by atoms with Crippen LogP contribution in [-0.4, -0.2) is 15.8 Å². The zero-order chi connectivity index (χ0) is 14.0. The second kappa shape index (κ2) is 4.89. The third-order valence-corrected chi connectivity index (χ3v) is 2.87. The minimum Gasteiger partial charge on any atom is -0.502 e. The Hall–Kier alpha value is -2.69. The van der Waals surface area contributed by atoms with Crippen molar-refractivity contribution in [2.75, 3.05) is 0 Å². The number of aromatic hydroxyl groups is 1. The Morgan fingerprint density at radius 1 is 1.16 bits per heavy atom. The largest absolute Gasteiger partial charge is 0.502 e. The molecule has 2 rings (SSSR count). The molecule has 0 saturated carbocycles. The lowest BCUT2D eigenvalue weighted by Gasteiger charge is -2.06. The summed E-state index contributed by atoms with van der Waals surface area (Å²) in [6.45, 7) is 1.45. The van der Waals surface area contributed by atoms with Crippen molar-refractivity contribution in [3.8, 4) is 5.75 Å². The van der Waals surface area contributed by atoms with E-state index in [0.29, 0.717) is 5.56 Å². The second-order valence-electron chi connectivity index (χ2n) is 4.06. The molecular formula is C14H11NO4. The summed E-state index contributed by atoms with van der Waals surface area (Å²) in [5.74, 6) is -0.742. The third kappa shape index (κ3) is 2.30. The molecule has 0 unspecified atom stereocenters. The molecule has 2 aromatic carbocycles. The van der Waals surface area contributed by atoms with Gasteiger partial charge in [0, 0.05) is 16.7 Å². The Kier molecular flexibility index (Phi) is 3.29. The highest BCUT2D eigenvalue weighted by Gasteiger charge is 2.23. The Morgan fingerprint density at radius 2 is 1.79 bits per heavy atom. The van der Waals surface area contributed by atoms with Crippen LogP contribution in [0.3, 0.4) is 0 Å². The van der Waals surface area contributed by atoms with Gasteiger partial charge in [0.05, 0.1) is 4.92 Å². The maximum atomic E-state index is 12.2. The Labute approximate surface area is 109 Å². The maximum Gasteiger partial charge on any atom is 0.314 e. The summed E-state index contributed by atoms with van der Waals surface area (Å²) >= 11 is 0. The molecule has 0 aliphatic carbocycles. The van der Waals surface area contributed by atoms with Crippen LogP contribution in [0.1, 0.15) is 21.5 Å². The molecule has 0 amide bonds. The van der Waals surface area contributed by atoms with Crippen molar-refractivity contribution in [2.45, 2.75) is 6.92 Å². The van der Waals surface area contributed by atoms with Crippen LogP contribution in [0.25, 0.3) is 0 Å². The smallest absolute Gasteiger partial charge is 0.314 e. The predicted octanol–water partition coefficient (Wildman–Crippen LogP) is 2.84. The molecule has 0 spiro atoms. The number of nitro benzene ring substituents is 1. The van der Waals surface area contributed by atoms with Gasteiger partial charge in [0.25, 0.3) is 0 Å². The van der Waals surface area contributed by atoms with Gasteiger partial charge in [-0.25, -0.2) is 0 Å². The van der Waals surface area contributed by atoms with Crippen molar-refractivity contribution in [2.24, 2.45) is 0 Å². The van der Waals surface area contributed by atoms with Gasteiger partial charge in [-0.3, -0.25) is 14.9 Å². The van der Waals surface area contributed by atoms with Gasteiger partial charge in [0.15, 0.2) is 11.5 Å². The van der Waals surface area contributed by atoms with Gasteiger partial charge in [-0.15, -0.1) is 0 Å². The maximum absolute atomic E-state index is 12.2. The first-order valence-corrected chi connectivity index (χ1v) is 5.59. The number of phenolic OH excluding ortho intramolecular Hbond substituents is 1. The van der Waals surface area contributed by atoms with Crippen LogP contribution in [0.4, 0.5) is 5.69 Å². The molecule has 5 nitrogen and oxygen atoms in total. The molecular weight excluding hydrogens is 246 g/mol. The monoisotopic (exact) mass is 257 g/mol. The molecule has 0 bridgehead atoms. The lowest BCUT2D eigenvalue weighted by molar-refractivity contribution is -0.386. The number of nitrogens with zero attached hydrogens (tertiary/aromatic N) is 1. The van der Waals surface area contributed by atoms with Gasteiger partial charge >= 0.3 is 5.69 Å². The Morgan fingerprint density at radius 3 is 2.37 bits per heavy atom. The zero-order valence-corrected chi connectivity index (χ0v) is 10.2. The van der Waals surface area contributed by atoms with Crippen molar-refractivity contribution >= 4 is 11.5 Å². The minimum atomic E-state index is -0.688. The highest BCUT2D eigenvalue weighted by Crippen LogP contribution is 2.32. The fourth-order valence-electron chi connectivity index (χ4n) is 1.91. The molecule has 0 atom stereocenters. The summed E-state index contributed by atoms with van der Waals surface area (Å²) in [4.78, 5) is 22.4. The van der Waals surface area contributed by atoms with Gasteiger partial charge in [0.1, 0.15) is 0 Å². The SMILES string of the molecule is Cc1c(C(=O)c2ccccc2)ccc(O)c1[N+](=O)[O-]. The van der Waals surface area contributed by atoms with Crippen molar-refractivity contribution in [1.82, 2.24) is 0 Å². The normalized spacial score (nSPS) is 10.2. The van der Waals surface area contributed by atoms with E-state index in [0.717, 1.165) is 0 Å². The molecule has 0 fully saturated rings. The Balaban J connectivity index is 2.56. The van der Waals surface area contributed by atoms with Crippen LogP contribution < -0.4 is 0 Å². The summed E-state index contributed by atoms with van der Waals surface area (Å²) in [6.07, 6.45) is 0. The molecule has 0 radical (unpaired) electrons. The fourth-order valence-corrected chi connectivity index (χ4v) is 1.91. The van der Waals surface area contributed by atoms with Gasteiger partial charge in [-0.2, -0.15) is 0 Å². The number of phenols is 1. The number of benzene rings is 2. The van der Waals surface area contributed by atoms with E-state index in [2.05, 4.69) is 0 Å².